The SMILES string of the molecule is Cc1cccc(CS(=O)O)c1C(C)[S+]=O. The second kappa shape index (κ2) is 5.44. The molecule has 82 valence electrons. The van der Waals surface area contributed by atoms with Crippen LogP contribution in [0.3, 0.4) is 0 Å². The number of hydrogen-bond donors (Lipinski definition) is 1. The Labute approximate surface area is 95.7 Å². The van der Waals surface area contributed by atoms with Crippen molar-refractivity contribution in [3.8, 4) is 0 Å². The predicted molar refractivity (Wildman–Crippen MR) is 62.1 cm³/mol. The summed E-state index contributed by atoms with van der Waals surface area (Å²) in [6.07, 6.45) is 0. The molecule has 1 N–H and O–H groups in total. The van der Waals surface area contributed by atoms with Gasteiger partial charge in [-0.3, -0.25) is 0 Å². The van der Waals surface area contributed by atoms with Gasteiger partial charge in [-0.2, -0.15) is 0 Å². The van der Waals surface area contributed by atoms with E-state index in [-0.39, 0.29) is 11.0 Å². The number of rotatable bonds is 4. The summed E-state index contributed by atoms with van der Waals surface area (Å²) in [6.45, 7) is 3.72. The van der Waals surface area contributed by atoms with Gasteiger partial charge in [0.05, 0.1) is 5.75 Å². The summed E-state index contributed by atoms with van der Waals surface area (Å²) in [4.78, 5) is 0. The lowest BCUT2D eigenvalue weighted by Gasteiger charge is -2.08. The normalized spacial score (nSPS) is 14.6. The lowest BCUT2D eigenvalue weighted by atomic mass is 10.0. The van der Waals surface area contributed by atoms with E-state index in [1.807, 2.05) is 26.0 Å². The Morgan fingerprint density at radius 1 is 1.53 bits per heavy atom. The van der Waals surface area contributed by atoms with E-state index >= 15 is 0 Å². The van der Waals surface area contributed by atoms with Crippen LogP contribution >= 0.6 is 0 Å². The van der Waals surface area contributed by atoms with Crippen molar-refractivity contribution in [2.75, 3.05) is 0 Å². The van der Waals surface area contributed by atoms with E-state index in [2.05, 4.69) is 0 Å². The maximum absolute atomic E-state index is 10.8. The van der Waals surface area contributed by atoms with Gasteiger partial charge in [-0.15, -0.1) is 0 Å². The van der Waals surface area contributed by atoms with Gasteiger partial charge >= 0.3 is 11.7 Å². The quantitative estimate of drug-likeness (QED) is 0.653. The summed E-state index contributed by atoms with van der Waals surface area (Å²) < 4.78 is 30.4. The highest BCUT2D eigenvalue weighted by atomic mass is 32.2. The summed E-state index contributed by atoms with van der Waals surface area (Å²) in [5.74, 6) is 0.0852. The molecule has 0 aliphatic heterocycles. The summed E-state index contributed by atoms with van der Waals surface area (Å²) in [7, 11) is 0. The van der Waals surface area contributed by atoms with Crippen LogP contribution in [0, 0.1) is 6.92 Å². The predicted octanol–water partition coefficient (Wildman–Crippen LogP) is 2.21. The van der Waals surface area contributed by atoms with E-state index in [0.717, 1.165) is 16.7 Å². The molecule has 2 atom stereocenters. The molecule has 15 heavy (non-hydrogen) atoms. The molecule has 1 aromatic rings. The van der Waals surface area contributed by atoms with Crippen LogP contribution in [0.4, 0.5) is 0 Å². The van der Waals surface area contributed by atoms with Crippen LogP contribution in [0.5, 0.6) is 0 Å². The number of hydrogen-bond acceptors (Lipinski definition) is 2. The summed E-state index contributed by atoms with van der Waals surface area (Å²) in [5.41, 5.74) is 2.67. The molecule has 1 aromatic carbocycles. The third-order valence-electron chi connectivity index (χ3n) is 2.24. The van der Waals surface area contributed by atoms with Crippen LogP contribution in [0.25, 0.3) is 0 Å². The van der Waals surface area contributed by atoms with Crippen LogP contribution < -0.4 is 0 Å². The molecule has 0 radical (unpaired) electrons. The lowest BCUT2D eigenvalue weighted by Crippen LogP contribution is -2.03. The highest BCUT2D eigenvalue weighted by Crippen LogP contribution is 2.24. The fourth-order valence-corrected chi connectivity index (χ4v) is 2.58. The zero-order chi connectivity index (χ0) is 11.4. The monoisotopic (exact) mass is 245 g/mol. The maximum Gasteiger partial charge on any atom is 0.466 e. The smallest absolute Gasteiger partial charge is 0.306 e. The molecule has 2 unspecified atom stereocenters. The first kappa shape index (κ1) is 12.4. The Balaban J connectivity index is 3.19. The zero-order valence-electron chi connectivity index (χ0n) is 8.60. The van der Waals surface area contributed by atoms with Gasteiger partial charge in [0.15, 0.2) is 11.1 Å². The molecule has 0 aliphatic carbocycles. The molecular weight excluding hydrogens is 232 g/mol. The summed E-state index contributed by atoms with van der Waals surface area (Å²) >= 11 is -1.36. The van der Waals surface area contributed by atoms with E-state index in [4.69, 9.17) is 4.55 Å². The highest BCUT2D eigenvalue weighted by molar-refractivity contribution is 7.78. The maximum atomic E-state index is 10.8. The Kier molecular flexibility index (Phi) is 4.50. The third kappa shape index (κ3) is 3.15. The average molecular weight is 245 g/mol. The summed E-state index contributed by atoms with van der Waals surface area (Å²) in [6, 6.07) is 5.54. The van der Waals surface area contributed by atoms with Gasteiger partial charge in [0.2, 0.25) is 0 Å². The average Bonchev–Trinajstić information content (AvgIpc) is 2.16. The Bertz CT molecular complexity index is 390. The topological polar surface area (TPSA) is 54.4 Å². The van der Waals surface area contributed by atoms with Crippen LogP contribution in [0.1, 0.15) is 28.9 Å². The van der Waals surface area contributed by atoms with Crippen LogP contribution in [-0.2, 0) is 32.7 Å². The van der Waals surface area contributed by atoms with E-state index in [0.29, 0.717) is 11.7 Å². The fourth-order valence-electron chi connectivity index (χ4n) is 1.63. The van der Waals surface area contributed by atoms with E-state index < -0.39 is 11.1 Å². The third-order valence-corrected chi connectivity index (χ3v) is 3.33. The second-order valence-electron chi connectivity index (χ2n) is 3.35. The molecule has 0 saturated carbocycles. The number of benzene rings is 1. The Morgan fingerprint density at radius 2 is 2.20 bits per heavy atom. The first-order valence-electron chi connectivity index (χ1n) is 4.50. The molecular formula is C10H13O3S2+. The van der Waals surface area contributed by atoms with Crippen LogP contribution in [0.15, 0.2) is 18.2 Å². The molecule has 0 amide bonds. The number of aryl methyl sites for hydroxylation is 1. The minimum atomic E-state index is -1.86. The molecule has 5 heteroatoms. The van der Waals surface area contributed by atoms with Gasteiger partial charge in [0, 0.05) is 16.7 Å². The van der Waals surface area contributed by atoms with Crippen molar-refractivity contribution < 1.29 is 13.0 Å². The second-order valence-corrected chi connectivity index (χ2v) is 5.18. The Hall–Kier alpha value is -0.650. The van der Waals surface area contributed by atoms with E-state index in [1.54, 1.807) is 6.07 Å². The standard InChI is InChI=1S/C10H12O3S2/c1-7-4-3-5-9(6-15(12)13)10(7)8(2)14-11/h3-5,8H,6H2,1-2H3/p+1. The molecule has 0 saturated heterocycles. The van der Waals surface area contributed by atoms with Gasteiger partial charge in [0.1, 0.15) is 0 Å². The van der Waals surface area contributed by atoms with Crippen molar-refractivity contribution in [3.63, 3.8) is 0 Å². The van der Waals surface area contributed by atoms with Gasteiger partial charge in [-0.1, -0.05) is 18.2 Å². The van der Waals surface area contributed by atoms with Gasteiger partial charge in [0.25, 0.3) is 5.25 Å². The molecule has 1 rings (SSSR count). The van der Waals surface area contributed by atoms with Crippen molar-refractivity contribution in [1.29, 1.82) is 0 Å². The van der Waals surface area contributed by atoms with Crippen LogP contribution in [0.2, 0.25) is 0 Å². The van der Waals surface area contributed by atoms with Crippen molar-refractivity contribution >= 4 is 22.7 Å². The first-order valence-corrected chi connectivity index (χ1v) is 6.58. The van der Waals surface area contributed by atoms with Gasteiger partial charge < -0.3 is 4.55 Å². The Morgan fingerprint density at radius 3 is 2.73 bits per heavy atom. The summed E-state index contributed by atoms with van der Waals surface area (Å²) in [5, 5.41) is -0.190. The molecule has 0 bridgehead atoms. The molecule has 0 aromatic heterocycles. The molecule has 0 heterocycles. The fraction of sp³-hybridized carbons (Fsp3) is 0.400. The molecule has 0 fully saturated rings. The van der Waals surface area contributed by atoms with E-state index in [1.165, 1.54) is 0 Å². The minimum Gasteiger partial charge on any atom is -0.306 e. The van der Waals surface area contributed by atoms with Crippen molar-refractivity contribution in [1.82, 2.24) is 0 Å². The van der Waals surface area contributed by atoms with Gasteiger partial charge in [-0.25, -0.2) is 4.21 Å². The largest absolute Gasteiger partial charge is 0.466 e. The highest BCUT2D eigenvalue weighted by Gasteiger charge is 2.23. The molecule has 0 aliphatic rings. The molecule has 0 spiro atoms. The van der Waals surface area contributed by atoms with Crippen molar-refractivity contribution in [3.05, 3.63) is 34.9 Å². The minimum absolute atomic E-state index is 0.0852. The van der Waals surface area contributed by atoms with Crippen molar-refractivity contribution in [2.24, 2.45) is 0 Å². The van der Waals surface area contributed by atoms with Gasteiger partial charge in [-0.05, 0) is 18.1 Å². The molecule has 3 nitrogen and oxygen atoms in total. The first-order chi connectivity index (χ1) is 7.06. The van der Waals surface area contributed by atoms with Crippen LogP contribution in [-0.4, -0.2) is 8.76 Å². The zero-order valence-corrected chi connectivity index (χ0v) is 10.2. The van der Waals surface area contributed by atoms with Crippen molar-refractivity contribution in [2.45, 2.75) is 24.9 Å². The van der Waals surface area contributed by atoms with E-state index in [9.17, 15) is 8.42 Å². The lowest BCUT2D eigenvalue weighted by molar-refractivity contribution is 0.563.